The highest BCUT2D eigenvalue weighted by Gasteiger charge is 2.20. The van der Waals surface area contributed by atoms with E-state index in [9.17, 15) is 14.7 Å². The lowest BCUT2D eigenvalue weighted by molar-refractivity contribution is 0.0687. The van der Waals surface area contributed by atoms with Crippen LogP contribution in [0.15, 0.2) is 28.9 Å². The second-order valence-corrected chi connectivity index (χ2v) is 5.00. The lowest BCUT2D eigenvalue weighted by Gasteiger charge is -2.09. The van der Waals surface area contributed by atoms with Crippen molar-refractivity contribution in [3.8, 4) is 0 Å². The van der Waals surface area contributed by atoms with Gasteiger partial charge in [-0.15, -0.1) is 11.3 Å². The van der Waals surface area contributed by atoms with Gasteiger partial charge in [-0.25, -0.2) is 19.7 Å². The van der Waals surface area contributed by atoms with Crippen molar-refractivity contribution in [1.82, 2.24) is 19.9 Å². The number of carbonyl (C=O) groups is 1. The van der Waals surface area contributed by atoms with Crippen LogP contribution < -0.4 is 5.56 Å². The van der Waals surface area contributed by atoms with Crippen molar-refractivity contribution in [1.29, 1.82) is 0 Å². The number of nitrogens with zero attached hydrogens (tertiary/aromatic N) is 3. The Bertz CT molecular complexity index is 888. The molecule has 0 radical (unpaired) electrons. The molecule has 21 heavy (non-hydrogen) atoms. The number of aromatic nitrogens is 4. The predicted molar refractivity (Wildman–Crippen MR) is 73.3 cm³/mol. The van der Waals surface area contributed by atoms with Crippen molar-refractivity contribution in [3.05, 3.63) is 51.4 Å². The molecule has 3 aromatic heterocycles. The summed E-state index contributed by atoms with van der Waals surface area (Å²) < 4.78 is 0. The van der Waals surface area contributed by atoms with E-state index >= 15 is 0 Å². The number of fused-ring (bicyclic) bond motifs is 1. The van der Waals surface area contributed by atoms with Crippen molar-refractivity contribution in [2.24, 2.45) is 0 Å². The highest BCUT2D eigenvalue weighted by atomic mass is 32.1. The second-order valence-electron chi connectivity index (χ2n) is 4.14. The summed E-state index contributed by atoms with van der Waals surface area (Å²) in [6.07, 6.45) is 2.96. The van der Waals surface area contributed by atoms with Gasteiger partial charge in [0.25, 0.3) is 5.56 Å². The first-order valence-corrected chi connectivity index (χ1v) is 6.64. The average molecular weight is 304 g/mol. The molecule has 0 fully saturated rings. The van der Waals surface area contributed by atoms with Gasteiger partial charge in [0.1, 0.15) is 17.3 Å². The van der Waals surface area contributed by atoms with Gasteiger partial charge in [0.2, 0.25) is 5.69 Å². The van der Waals surface area contributed by atoms with E-state index in [-0.39, 0.29) is 5.69 Å². The summed E-state index contributed by atoms with van der Waals surface area (Å²) in [6.45, 7) is 0. The molecule has 0 spiro atoms. The van der Waals surface area contributed by atoms with Crippen molar-refractivity contribution in [2.75, 3.05) is 0 Å². The first kappa shape index (κ1) is 13.3. The highest BCUT2D eigenvalue weighted by Crippen LogP contribution is 2.30. The standard InChI is InChI=1S/C12H8N4O4S/c17-9(6-3-21-11-5(6)1-13-4-15-11)7-2-14-10(18)8(16-7)12(19)20/h1-4,9,17H,(H,14,18)(H,19,20)/t9-/m0/s1. The SMILES string of the molecule is O=C(O)c1nc([C@@H](O)c2csc3ncncc23)c[nH]c1=O. The number of aromatic carboxylic acids is 1. The van der Waals surface area contributed by atoms with Crippen LogP contribution in [-0.4, -0.2) is 36.1 Å². The Morgan fingerprint density at radius 1 is 1.43 bits per heavy atom. The van der Waals surface area contributed by atoms with Crippen LogP contribution in [-0.2, 0) is 0 Å². The van der Waals surface area contributed by atoms with E-state index in [2.05, 4.69) is 19.9 Å². The number of H-pyrrole nitrogens is 1. The molecular weight excluding hydrogens is 296 g/mol. The van der Waals surface area contributed by atoms with Gasteiger partial charge < -0.3 is 15.2 Å². The number of aromatic amines is 1. The van der Waals surface area contributed by atoms with Crippen LogP contribution in [0.3, 0.4) is 0 Å². The van der Waals surface area contributed by atoms with Gasteiger partial charge in [-0.2, -0.15) is 0 Å². The number of nitrogens with one attached hydrogen (secondary N) is 1. The molecule has 0 unspecified atom stereocenters. The molecule has 0 aliphatic heterocycles. The third kappa shape index (κ3) is 2.28. The van der Waals surface area contributed by atoms with Crippen LogP contribution in [0.5, 0.6) is 0 Å². The number of thiophene rings is 1. The van der Waals surface area contributed by atoms with E-state index in [1.54, 1.807) is 11.6 Å². The van der Waals surface area contributed by atoms with E-state index in [1.165, 1.54) is 23.9 Å². The first-order valence-electron chi connectivity index (χ1n) is 5.76. The first-order chi connectivity index (χ1) is 10.1. The molecule has 0 bridgehead atoms. The molecule has 0 saturated heterocycles. The molecule has 0 saturated carbocycles. The molecule has 0 amide bonds. The molecule has 106 valence electrons. The minimum atomic E-state index is -1.45. The monoisotopic (exact) mass is 304 g/mol. The number of hydrogen-bond donors (Lipinski definition) is 3. The third-order valence-corrected chi connectivity index (χ3v) is 3.79. The maximum absolute atomic E-state index is 11.3. The summed E-state index contributed by atoms with van der Waals surface area (Å²) in [5, 5.41) is 21.6. The predicted octanol–water partition coefficient (Wildman–Crippen LogP) is 0.554. The zero-order valence-corrected chi connectivity index (χ0v) is 11.2. The van der Waals surface area contributed by atoms with Crippen LogP contribution in [0.4, 0.5) is 0 Å². The fourth-order valence-corrected chi connectivity index (χ4v) is 2.77. The second kappa shape index (κ2) is 5.04. The smallest absolute Gasteiger partial charge is 0.360 e. The number of hydrogen-bond acceptors (Lipinski definition) is 7. The van der Waals surface area contributed by atoms with Gasteiger partial charge in [-0.3, -0.25) is 4.79 Å². The number of aliphatic hydroxyl groups excluding tert-OH is 1. The summed E-state index contributed by atoms with van der Waals surface area (Å²) in [5.41, 5.74) is -0.943. The summed E-state index contributed by atoms with van der Waals surface area (Å²) in [4.78, 5) is 36.9. The summed E-state index contributed by atoms with van der Waals surface area (Å²) in [5.74, 6) is -1.45. The number of carboxylic acid groups (broad SMARTS) is 1. The van der Waals surface area contributed by atoms with Crippen molar-refractivity contribution in [2.45, 2.75) is 6.10 Å². The van der Waals surface area contributed by atoms with Gasteiger partial charge in [-0.1, -0.05) is 0 Å². The van der Waals surface area contributed by atoms with Crippen LogP contribution in [0, 0.1) is 0 Å². The van der Waals surface area contributed by atoms with Crippen LogP contribution >= 0.6 is 11.3 Å². The van der Waals surface area contributed by atoms with Gasteiger partial charge in [0, 0.05) is 23.3 Å². The van der Waals surface area contributed by atoms with Crippen molar-refractivity contribution in [3.63, 3.8) is 0 Å². The normalized spacial score (nSPS) is 12.4. The quantitative estimate of drug-likeness (QED) is 0.644. The molecule has 0 aliphatic carbocycles. The number of rotatable bonds is 3. The molecule has 3 heterocycles. The van der Waals surface area contributed by atoms with E-state index < -0.39 is 23.3 Å². The van der Waals surface area contributed by atoms with E-state index in [0.717, 1.165) is 0 Å². The molecule has 8 nitrogen and oxygen atoms in total. The third-order valence-electron chi connectivity index (χ3n) is 2.87. The van der Waals surface area contributed by atoms with E-state index in [0.29, 0.717) is 15.8 Å². The van der Waals surface area contributed by atoms with Crippen LogP contribution in [0.25, 0.3) is 10.2 Å². The maximum atomic E-state index is 11.3. The Labute approximate surface area is 120 Å². The highest BCUT2D eigenvalue weighted by molar-refractivity contribution is 7.16. The molecule has 3 rings (SSSR count). The molecule has 0 aliphatic rings. The topological polar surface area (TPSA) is 129 Å². The number of aliphatic hydroxyl groups is 1. The number of carboxylic acids is 1. The van der Waals surface area contributed by atoms with E-state index in [1.807, 2.05) is 0 Å². The van der Waals surface area contributed by atoms with Gasteiger partial charge in [-0.05, 0) is 5.38 Å². The summed E-state index contributed by atoms with van der Waals surface area (Å²) >= 11 is 1.32. The molecule has 3 N–H and O–H groups in total. The van der Waals surface area contributed by atoms with Gasteiger partial charge >= 0.3 is 5.97 Å². The molecule has 9 heteroatoms. The summed E-state index contributed by atoms with van der Waals surface area (Å²) in [7, 11) is 0. The average Bonchev–Trinajstić information content (AvgIpc) is 2.90. The summed E-state index contributed by atoms with van der Waals surface area (Å²) in [6, 6.07) is 0. The minimum Gasteiger partial charge on any atom is -0.476 e. The minimum absolute atomic E-state index is 0.0375. The Morgan fingerprint density at radius 3 is 3.00 bits per heavy atom. The van der Waals surface area contributed by atoms with Crippen LogP contribution in [0.2, 0.25) is 0 Å². The Kier molecular flexibility index (Phi) is 3.20. The Hall–Kier alpha value is -2.65. The largest absolute Gasteiger partial charge is 0.476 e. The Morgan fingerprint density at radius 2 is 2.24 bits per heavy atom. The fourth-order valence-electron chi connectivity index (χ4n) is 1.87. The van der Waals surface area contributed by atoms with Gasteiger partial charge in [0.15, 0.2) is 0 Å². The Balaban J connectivity index is 2.10. The van der Waals surface area contributed by atoms with Crippen molar-refractivity contribution >= 4 is 27.5 Å². The molecular formula is C12H8N4O4S. The maximum Gasteiger partial charge on any atom is 0.360 e. The lowest BCUT2D eigenvalue weighted by atomic mass is 10.1. The zero-order chi connectivity index (χ0) is 15.0. The zero-order valence-electron chi connectivity index (χ0n) is 10.3. The molecule has 3 aromatic rings. The van der Waals surface area contributed by atoms with E-state index in [4.69, 9.17) is 5.11 Å². The van der Waals surface area contributed by atoms with Crippen molar-refractivity contribution < 1.29 is 15.0 Å². The molecule has 0 aromatic carbocycles. The van der Waals surface area contributed by atoms with Gasteiger partial charge in [0.05, 0.1) is 5.69 Å². The lowest BCUT2D eigenvalue weighted by Crippen LogP contribution is -2.21. The molecule has 1 atom stereocenters. The van der Waals surface area contributed by atoms with Crippen LogP contribution in [0.1, 0.15) is 27.8 Å². The fraction of sp³-hybridized carbons (Fsp3) is 0.0833.